The molecule has 102 valence electrons. The van der Waals surface area contributed by atoms with Gasteiger partial charge in [0.25, 0.3) is 5.69 Å². The third-order valence-corrected chi connectivity index (χ3v) is 2.63. The van der Waals surface area contributed by atoms with E-state index in [-0.39, 0.29) is 22.6 Å². The number of carbonyl (C=O) groups excluding carboxylic acids is 1. The molecule has 0 aliphatic carbocycles. The molecule has 0 aliphatic heterocycles. The van der Waals surface area contributed by atoms with Gasteiger partial charge in [-0.25, -0.2) is 0 Å². The number of hydrogen-bond donors (Lipinski definition) is 2. The van der Waals surface area contributed by atoms with Crippen LogP contribution >= 0.6 is 12.2 Å². The van der Waals surface area contributed by atoms with Crippen LogP contribution in [0.25, 0.3) is 0 Å². The molecule has 0 spiro atoms. The van der Waals surface area contributed by atoms with Gasteiger partial charge in [0.15, 0.2) is 5.11 Å². The van der Waals surface area contributed by atoms with Crippen LogP contribution < -0.4 is 10.6 Å². The molecule has 0 saturated carbocycles. The lowest BCUT2D eigenvalue weighted by Gasteiger charge is -2.11. The van der Waals surface area contributed by atoms with E-state index in [4.69, 9.17) is 12.2 Å². The minimum Gasteiger partial charge on any atom is -0.332 e. The highest BCUT2D eigenvalue weighted by atomic mass is 32.1. The third-order valence-electron chi connectivity index (χ3n) is 2.42. The molecular weight excluding hydrogens is 266 g/mol. The fraction of sp³-hybridized carbons (Fsp3) is 0.333. The zero-order valence-electron chi connectivity index (χ0n) is 10.9. The number of nitrogens with zero attached hydrogens (tertiary/aromatic N) is 1. The van der Waals surface area contributed by atoms with Crippen molar-refractivity contribution in [3.63, 3.8) is 0 Å². The van der Waals surface area contributed by atoms with Crippen LogP contribution in [0.15, 0.2) is 18.2 Å². The number of nitro benzene ring substituents is 1. The molecule has 7 heteroatoms. The van der Waals surface area contributed by atoms with E-state index in [1.165, 1.54) is 6.07 Å². The Bertz CT molecular complexity index is 529. The third kappa shape index (κ3) is 4.29. The maximum atomic E-state index is 11.4. The van der Waals surface area contributed by atoms with Crippen LogP contribution in [0.3, 0.4) is 0 Å². The Kier molecular flexibility index (Phi) is 4.94. The summed E-state index contributed by atoms with van der Waals surface area (Å²) >= 11 is 4.96. The molecule has 0 fully saturated rings. The summed E-state index contributed by atoms with van der Waals surface area (Å²) < 4.78 is 0. The summed E-state index contributed by atoms with van der Waals surface area (Å²) in [5.41, 5.74) is 1.03. The largest absolute Gasteiger partial charge is 0.332 e. The quantitative estimate of drug-likeness (QED) is 0.505. The van der Waals surface area contributed by atoms with Crippen molar-refractivity contribution in [3.8, 4) is 0 Å². The van der Waals surface area contributed by atoms with Crippen LogP contribution in [-0.4, -0.2) is 15.9 Å². The molecular formula is C12H15N3O3S. The van der Waals surface area contributed by atoms with Gasteiger partial charge in [-0.1, -0.05) is 19.9 Å². The molecule has 2 N–H and O–H groups in total. The van der Waals surface area contributed by atoms with Gasteiger partial charge in [0.1, 0.15) is 0 Å². The Hall–Kier alpha value is -2.02. The van der Waals surface area contributed by atoms with Crippen molar-refractivity contribution in [1.82, 2.24) is 5.32 Å². The molecule has 1 aromatic carbocycles. The number of amides is 1. The van der Waals surface area contributed by atoms with E-state index in [1.54, 1.807) is 32.9 Å². The molecule has 1 amide bonds. The fourth-order valence-corrected chi connectivity index (χ4v) is 1.52. The van der Waals surface area contributed by atoms with Crippen molar-refractivity contribution in [2.75, 3.05) is 5.32 Å². The van der Waals surface area contributed by atoms with Gasteiger partial charge in [-0.3, -0.25) is 14.9 Å². The predicted octanol–water partition coefficient (Wildman–Crippen LogP) is 2.37. The number of aryl methyl sites for hydroxylation is 1. The smallest absolute Gasteiger partial charge is 0.274 e. The molecule has 1 aromatic rings. The van der Waals surface area contributed by atoms with Crippen LogP contribution in [-0.2, 0) is 4.79 Å². The maximum Gasteiger partial charge on any atom is 0.274 e. The van der Waals surface area contributed by atoms with E-state index in [2.05, 4.69) is 10.6 Å². The topological polar surface area (TPSA) is 84.3 Å². The van der Waals surface area contributed by atoms with E-state index in [1.807, 2.05) is 0 Å². The van der Waals surface area contributed by atoms with Crippen LogP contribution in [0, 0.1) is 23.0 Å². The van der Waals surface area contributed by atoms with Crippen LogP contribution in [0.5, 0.6) is 0 Å². The van der Waals surface area contributed by atoms with Crippen LogP contribution in [0.2, 0.25) is 0 Å². The first-order valence-corrected chi connectivity index (χ1v) is 6.09. The van der Waals surface area contributed by atoms with Crippen molar-refractivity contribution >= 4 is 34.6 Å². The van der Waals surface area contributed by atoms with Crippen molar-refractivity contribution in [3.05, 3.63) is 33.9 Å². The molecule has 19 heavy (non-hydrogen) atoms. The number of benzene rings is 1. The van der Waals surface area contributed by atoms with Crippen LogP contribution in [0.1, 0.15) is 19.4 Å². The Morgan fingerprint density at radius 1 is 1.42 bits per heavy atom. The zero-order chi connectivity index (χ0) is 14.6. The lowest BCUT2D eigenvalue weighted by molar-refractivity contribution is -0.385. The van der Waals surface area contributed by atoms with E-state index >= 15 is 0 Å². The summed E-state index contributed by atoms with van der Waals surface area (Å²) in [5.74, 6) is -0.397. The van der Waals surface area contributed by atoms with E-state index < -0.39 is 4.92 Å². The number of nitro groups is 1. The minimum atomic E-state index is -0.462. The summed E-state index contributed by atoms with van der Waals surface area (Å²) in [6, 6.07) is 4.66. The molecule has 0 atom stereocenters. The van der Waals surface area contributed by atoms with Gasteiger partial charge in [-0.15, -0.1) is 0 Å². The first-order chi connectivity index (χ1) is 8.81. The molecule has 0 radical (unpaired) electrons. The van der Waals surface area contributed by atoms with Gasteiger partial charge < -0.3 is 10.6 Å². The maximum absolute atomic E-state index is 11.4. The molecule has 1 rings (SSSR count). The summed E-state index contributed by atoms with van der Waals surface area (Å²) in [6.45, 7) is 5.14. The highest BCUT2D eigenvalue weighted by molar-refractivity contribution is 7.80. The monoisotopic (exact) mass is 281 g/mol. The number of carbonyl (C=O) groups is 1. The second kappa shape index (κ2) is 6.24. The van der Waals surface area contributed by atoms with Gasteiger partial charge >= 0.3 is 0 Å². The molecule has 0 bridgehead atoms. The van der Waals surface area contributed by atoms with Gasteiger partial charge in [-0.2, -0.15) is 0 Å². The highest BCUT2D eigenvalue weighted by Crippen LogP contribution is 2.22. The molecule has 0 aliphatic rings. The van der Waals surface area contributed by atoms with E-state index in [9.17, 15) is 14.9 Å². The SMILES string of the molecule is Cc1ccc(NC(=S)NC(=O)C(C)C)cc1[N+](=O)[O-]. The van der Waals surface area contributed by atoms with Crippen molar-refractivity contribution in [2.45, 2.75) is 20.8 Å². The first-order valence-electron chi connectivity index (χ1n) is 5.68. The normalized spacial score (nSPS) is 10.1. The number of thiocarbonyl (C=S) groups is 1. The lowest BCUT2D eigenvalue weighted by atomic mass is 10.2. The van der Waals surface area contributed by atoms with Gasteiger partial charge in [0.2, 0.25) is 5.91 Å². The molecule has 0 aromatic heterocycles. The van der Waals surface area contributed by atoms with Crippen LogP contribution in [0.4, 0.5) is 11.4 Å². The lowest BCUT2D eigenvalue weighted by Crippen LogP contribution is -2.36. The van der Waals surface area contributed by atoms with Gasteiger partial charge in [0.05, 0.1) is 4.92 Å². The summed E-state index contributed by atoms with van der Waals surface area (Å²) in [6.07, 6.45) is 0. The molecule has 0 unspecified atom stereocenters. The number of anilines is 1. The summed E-state index contributed by atoms with van der Waals surface area (Å²) in [4.78, 5) is 21.8. The summed E-state index contributed by atoms with van der Waals surface area (Å²) in [5, 5.41) is 16.2. The highest BCUT2D eigenvalue weighted by Gasteiger charge is 2.13. The molecule has 6 nitrogen and oxygen atoms in total. The summed E-state index contributed by atoms with van der Waals surface area (Å²) in [7, 11) is 0. The number of hydrogen-bond acceptors (Lipinski definition) is 4. The van der Waals surface area contributed by atoms with E-state index in [0.29, 0.717) is 11.3 Å². The Balaban J connectivity index is 2.78. The first kappa shape index (κ1) is 15.0. The number of rotatable bonds is 3. The van der Waals surface area contributed by atoms with Gasteiger partial charge in [-0.05, 0) is 25.2 Å². The van der Waals surface area contributed by atoms with Crippen molar-refractivity contribution in [2.24, 2.45) is 5.92 Å². The second-order valence-electron chi connectivity index (χ2n) is 4.36. The molecule has 0 heterocycles. The average molecular weight is 281 g/mol. The van der Waals surface area contributed by atoms with E-state index in [0.717, 1.165) is 0 Å². The Morgan fingerprint density at radius 3 is 2.58 bits per heavy atom. The minimum absolute atomic E-state index is 0.00276. The van der Waals surface area contributed by atoms with Gasteiger partial charge in [0, 0.05) is 23.2 Å². The standard InChI is InChI=1S/C12H15N3O3S/c1-7(2)11(16)14-12(19)13-9-5-4-8(3)10(6-9)15(17)18/h4-7H,1-3H3,(H2,13,14,16,19). The van der Waals surface area contributed by atoms with Crippen molar-refractivity contribution < 1.29 is 9.72 Å². The Morgan fingerprint density at radius 2 is 2.05 bits per heavy atom. The number of nitrogens with one attached hydrogen (secondary N) is 2. The Labute approximate surface area is 116 Å². The predicted molar refractivity (Wildman–Crippen MR) is 77.0 cm³/mol. The zero-order valence-corrected chi connectivity index (χ0v) is 11.7. The average Bonchev–Trinajstić information content (AvgIpc) is 2.30. The van der Waals surface area contributed by atoms with Crippen molar-refractivity contribution in [1.29, 1.82) is 0 Å². The second-order valence-corrected chi connectivity index (χ2v) is 4.76. The molecule has 0 saturated heterocycles. The fourth-order valence-electron chi connectivity index (χ4n) is 1.30.